The highest BCUT2D eigenvalue weighted by molar-refractivity contribution is 6.17. The molecule has 2 rings (SSSR count). The molecule has 0 fully saturated rings. The smallest absolute Gasteiger partial charge is 0.236 e. The van der Waals surface area contributed by atoms with Crippen molar-refractivity contribution >= 4 is 24.3 Å². The molecule has 0 bridgehead atoms. The standard InChI is InChI=1S/C8H12N5/c1-13(2,3)8-6-7(10-4-9-6)11-5-12-8/h4-6H,1-3H3/q+1. The second kappa shape index (κ2) is 2.56. The van der Waals surface area contributed by atoms with Crippen LogP contribution in [0.4, 0.5) is 0 Å². The molecule has 2 aliphatic rings. The lowest BCUT2D eigenvalue weighted by molar-refractivity contribution is -0.778. The van der Waals surface area contributed by atoms with Gasteiger partial charge in [0.05, 0.1) is 21.1 Å². The largest absolute Gasteiger partial charge is 0.283 e. The molecule has 1 atom stereocenters. The summed E-state index contributed by atoms with van der Waals surface area (Å²) < 4.78 is 0.660. The Kier molecular flexibility index (Phi) is 1.63. The lowest BCUT2D eigenvalue weighted by Crippen LogP contribution is -2.50. The second-order valence-corrected chi connectivity index (χ2v) is 3.90. The van der Waals surface area contributed by atoms with E-state index in [0.717, 1.165) is 11.7 Å². The molecule has 1 unspecified atom stereocenters. The van der Waals surface area contributed by atoms with Crippen LogP contribution < -0.4 is 0 Å². The summed E-state index contributed by atoms with van der Waals surface area (Å²) in [7, 11) is 6.18. The first-order valence-corrected chi connectivity index (χ1v) is 4.10. The fraction of sp³-hybridized carbons (Fsp3) is 0.500. The van der Waals surface area contributed by atoms with Gasteiger partial charge in [0.25, 0.3) is 0 Å². The molecule has 5 heteroatoms. The van der Waals surface area contributed by atoms with E-state index in [-0.39, 0.29) is 6.04 Å². The fourth-order valence-corrected chi connectivity index (χ4v) is 1.34. The van der Waals surface area contributed by atoms with E-state index in [4.69, 9.17) is 0 Å². The van der Waals surface area contributed by atoms with Crippen molar-refractivity contribution in [1.82, 2.24) is 0 Å². The van der Waals surface area contributed by atoms with Crippen molar-refractivity contribution in [2.75, 3.05) is 21.1 Å². The zero-order chi connectivity index (χ0) is 9.47. The third-order valence-electron chi connectivity index (χ3n) is 1.96. The Morgan fingerprint density at radius 1 is 1.15 bits per heavy atom. The van der Waals surface area contributed by atoms with Crippen LogP contribution in [-0.2, 0) is 0 Å². The van der Waals surface area contributed by atoms with Gasteiger partial charge in [-0.2, -0.15) is 4.99 Å². The quantitative estimate of drug-likeness (QED) is 0.467. The summed E-state index contributed by atoms with van der Waals surface area (Å²) in [6.45, 7) is 0. The monoisotopic (exact) mass is 178 g/mol. The Bertz CT molecular complexity index is 342. The first-order valence-electron chi connectivity index (χ1n) is 4.10. The highest BCUT2D eigenvalue weighted by Crippen LogP contribution is 2.13. The van der Waals surface area contributed by atoms with Gasteiger partial charge in [0, 0.05) is 0 Å². The minimum Gasteiger partial charge on any atom is -0.283 e. The third-order valence-corrected chi connectivity index (χ3v) is 1.96. The molecular weight excluding hydrogens is 166 g/mol. The van der Waals surface area contributed by atoms with Crippen LogP contribution >= 0.6 is 0 Å². The van der Waals surface area contributed by atoms with Gasteiger partial charge in [-0.25, -0.2) is 15.0 Å². The molecule has 0 aliphatic carbocycles. The first-order chi connectivity index (χ1) is 6.09. The first kappa shape index (κ1) is 8.25. The van der Waals surface area contributed by atoms with Crippen molar-refractivity contribution < 1.29 is 4.48 Å². The number of hydrogen-bond donors (Lipinski definition) is 0. The Morgan fingerprint density at radius 3 is 2.62 bits per heavy atom. The van der Waals surface area contributed by atoms with Gasteiger partial charge >= 0.3 is 0 Å². The third kappa shape index (κ3) is 1.31. The van der Waals surface area contributed by atoms with E-state index in [1.54, 1.807) is 12.7 Å². The molecular formula is C8H12N5+. The predicted octanol–water partition coefficient (Wildman–Crippen LogP) is -0.0580. The van der Waals surface area contributed by atoms with Crippen molar-refractivity contribution in [3.63, 3.8) is 0 Å². The maximum atomic E-state index is 4.25. The number of rotatable bonds is 0. The number of likely N-dealkylation sites (N-methyl/N-ethyl adjacent to an activating group) is 1. The molecule has 0 saturated carbocycles. The van der Waals surface area contributed by atoms with Crippen LogP contribution in [0.1, 0.15) is 0 Å². The molecule has 5 nitrogen and oxygen atoms in total. The van der Waals surface area contributed by atoms with Crippen molar-refractivity contribution in [1.29, 1.82) is 0 Å². The topological polar surface area (TPSA) is 49.4 Å². The normalized spacial score (nSPS) is 25.6. The van der Waals surface area contributed by atoms with Crippen LogP contribution in [0.2, 0.25) is 0 Å². The van der Waals surface area contributed by atoms with Crippen LogP contribution in [-0.4, -0.2) is 56.0 Å². The number of quaternary nitrogens is 1. The van der Waals surface area contributed by atoms with Gasteiger partial charge in [0.1, 0.15) is 12.7 Å². The molecule has 68 valence electrons. The van der Waals surface area contributed by atoms with E-state index in [0.29, 0.717) is 4.48 Å². The van der Waals surface area contributed by atoms with E-state index < -0.39 is 0 Å². The van der Waals surface area contributed by atoms with Crippen LogP contribution in [0.15, 0.2) is 20.0 Å². The summed E-state index contributed by atoms with van der Waals surface area (Å²) in [5.41, 5.74) is 0. The summed E-state index contributed by atoms with van der Waals surface area (Å²) in [6, 6.07) is -0.0648. The molecule has 2 heterocycles. The lowest BCUT2D eigenvalue weighted by atomic mass is 10.2. The second-order valence-electron chi connectivity index (χ2n) is 3.90. The molecule has 0 radical (unpaired) electrons. The van der Waals surface area contributed by atoms with E-state index in [9.17, 15) is 0 Å². The zero-order valence-corrected chi connectivity index (χ0v) is 7.97. The van der Waals surface area contributed by atoms with Gasteiger partial charge in [-0.1, -0.05) is 0 Å². The van der Waals surface area contributed by atoms with Crippen LogP contribution in [0.3, 0.4) is 0 Å². The molecule has 13 heavy (non-hydrogen) atoms. The van der Waals surface area contributed by atoms with Crippen molar-refractivity contribution in [2.24, 2.45) is 20.0 Å². The number of aliphatic imine (C=N–C) groups is 4. The predicted molar refractivity (Wildman–Crippen MR) is 53.7 cm³/mol. The molecule has 0 saturated heterocycles. The van der Waals surface area contributed by atoms with Crippen molar-refractivity contribution in [3.8, 4) is 0 Å². The number of hydrogen-bond acceptors (Lipinski definition) is 4. The Morgan fingerprint density at radius 2 is 1.92 bits per heavy atom. The number of fused-ring (bicyclic) bond motifs is 1. The molecule has 2 aliphatic heterocycles. The van der Waals surface area contributed by atoms with Gasteiger partial charge in [0.2, 0.25) is 11.9 Å². The van der Waals surface area contributed by atoms with Crippen LogP contribution in [0.5, 0.6) is 0 Å². The van der Waals surface area contributed by atoms with Crippen molar-refractivity contribution in [3.05, 3.63) is 0 Å². The minimum atomic E-state index is -0.0648. The summed E-state index contributed by atoms with van der Waals surface area (Å²) in [4.78, 5) is 16.6. The molecule has 0 aromatic heterocycles. The average Bonchev–Trinajstić information content (AvgIpc) is 2.48. The van der Waals surface area contributed by atoms with E-state index in [1.165, 1.54) is 0 Å². The van der Waals surface area contributed by atoms with E-state index >= 15 is 0 Å². The molecule has 0 spiro atoms. The van der Waals surface area contributed by atoms with E-state index in [2.05, 4.69) is 41.1 Å². The Labute approximate surface area is 76.8 Å². The highest BCUT2D eigenvalue weighted by atomic mass is 15.4. The Balaban J connectivity index is 2.39. The van der Waals surface area contributed by atoms with Gasteiger partial charge in [-0.05, 0) is 0 Å². The number of amidine groups is 2. The molecule has 0 amide bonds. The van der Waals surface area contributed by atoms with Gasteiger partial charge in [-0.3, -0.25) is 4.48 Å². The molecule has 0 aromatic rings. The summed E-state index contributed by atoms with van der Waals surface area (Å²) >= 11 is 0. The minimum absolute atomic E-state index is 0.0648. The maximum Gasteiger partial charge on any atom is 0.236 e. The summed E-state index contributed by atoms with van der Waals surface area (Å²) in [6.07, 6.45) is 3.09. The average molecular weight is 178 g/mol. The van der Waals surface area contributed by atoms with Gasteiger partial charge < -0.3 is 0 Å². The zero-order valence-electron chi connectivity index (χ0n) is 7.97. The SMILES string of the molecule is C[N+](C)(C)C1=NC=NC2=NC=NC21. The van der Waals surface area contributed by atoms with Gasteiger partial charge in [-0.15, -0.1) is 0 Å². The lowest BCUT2D eigenvalue weighted by Gasteiger charge is -2.27. The Hall–Kier alpha value is -1.36. The summed E-state index contributed by atoms with van der Waals surface area (Å²) in [5.74, 6) is 1.72. The molecule has 0 N–H and O–H groups in total. The highest BCUT2D eigenvalue weighted by Gasteiger charge is 2.35. The molecule has 0 aromatic carbocycles. The number of nitrogens with zero attached hydrogens (tertiary/aromatic N) is 5. The van der Waals surface area contributed by atoms with Crippen molar-refractivity contribution in [2.45, 2.75) is 6.04 Å². The van der Waals surface area contributed by atoms with Crippen LogP contribution in [0, 0.1) is 0 Å². The van der Waals surface area contributed by atoms with E-state index in [1.807, 2.05) is 0 Å². The maximum absolute atomic E-state index is 4.25. The fourth-order valence-electron chi connectivity index (χ4n) is 1.34. The summed E-state index contributed by atoms with van der Waals surface area (Å²) in [5, 5.41) is 0. The van der Waals surface area contributed by atoms with Gasteiger partial charge in [0.15, 0.2) is 5.84 Å². The van der Waals surface area contributed by atoms with Crippen LogP contribution in [0.25, 0.3) is 0 Å².